The van der Waals surface area contributed by atoms with Gasteiger partial charge in [0.25, 0.3) is 10.0 Å². The molecular formula is C24H31N5O2S. The number of nitrogens with zero attached hydrogens (tertiary/aromatic N) is 3. The summed E-state index contributed by atoms with van der Waals surface area (Å²) in [7, 11) is -3.75. The van der Waals surface area contributed by atoms with Crippen LogP contribution in [-0.4, -0.2) is 29.5 Å². The maximum Gasteiger partial charge on any atom is 0.263 e. The number of para-hydroxylation sites is 1. The third-order valence-electron chi connectivity index (χ3n) is 6.30. The van der Waals surface area contributed by atoms with Crippen LogP contribution in [0, 0.1) is 11.8 Å². The van der Waals surface area contributed by atoms with E-state index < -0.39 is 10.0 Å². The highest BCUT2D eigenvalue weighted by Crippen LogP contribution is 2.29. The van der Waals surface area contributed by atoms with Gasteiger partial charge in [-0.15, -0.1) is 0 Å². The van der Waals surface area contributed by atoms with E-state index in [9.17, 15) is 8.42 Å². The second-order valence-electron chi connectivity index (χ2n) is 8.59. The fraction of sp³-hybridized carbons (Fsp3) is 0.417. The molecule has 1 unspecified atom stereocenters. The first-order valence-electron chi connectivity index (χ1n) is 11.3. The normalized spacial score (nSPS) is 16.0. The van der Waals surface area contributed by atoms with Gasteiger partial charge in [-0.3, -0.25) is 9.29 Å². The molecule has 170 valence electrons. The van der Waals surface area contributed by atoms with Gasteiger partial charge in [0.05, 0.1) is 5.69 Å². The standard InChI is InChI=1S/C24H31N5O2S/c1-19(20-7-3-2-4-8-20)15-26-16-21-9-5-6-10-23(21)28-32(30,31)22-11-12-24(27-17-22)29-14-13-25-18-29/h5-6,9-14,17-20,26,28H,2-4,7-8,15-16H2,1H3. The van der Waals surface area contributed by atoms with Gasteiger partial charge >= 0.3 is 0 Å². The van der Waals surface area contributed by atoms with Crippen LogP contribution < -0.4 is 10.0 Å². The topological polar surface area (TPSA) is 88.9 Å². The maximum atomic E-state index is 12.9. The van der Waals surface area contributed by atoms with E-state index in [1.54, 1.807) is 41.5 Å². The zero-order valence-corrected chi connectivity index (χ0v) is 19.3. The highest BCUT2D eigenvalue weighted by atomic mass is 32.2. The van der Waals surface area contributed by atoms with Crippen LogP contribution in [0.1, 0.15) is 44.6 Å². The lowest BCUT2D eigenvalue weighted by Gasteiger charge is -2.28. The van der Waals surface area contributed by atoms with Gasteiger partial charge in [0.15, 0.2) is 0 Å². The summed E-state index contributed by atoms with van der Waals surface area (Å²) in [5, 5.41) is 3.53. The second-order valence-corrected chi connectivity index (χ2v) is 10.3. The average molecular weight is 454 g/mol. The highest BCUT2D eigenvalue weighted by Gasteiger charge is 2.20. The van der Waals surface area contributed by atoms with Crippen molar-refractivity contribution < 1.29 is 8.42 Å². The molecule has 2 N–H and O–H groups in total. The van der Waals surface area contributed by atoms with E-state index in [0.29, 0.717) is 24.0 Å². The minimum atomic E-state index is -3.75. The minimum Gasteiger partial charge on any atom is -0.312 e. The quantitative estimate of drug-likeness (QED) is 0.502. The van der Waals surface area contributed by atoms with Crippen molar-refractivity contribution in [3.63, 3.8) is 0 Å². The number of hydrogen-bond acceptors (Lipinski definition) is 5. The minimum absolute atomic E-state index is 0.120. The summed E-state index contributed by atoms with van der Waals surface area (Å²) < 4.78 is 30.4. The van der Waals surface area contributed by atoms with Gasteiger partial charge in [-0.05, 0) is 42.1 Å². The zero-order chi connectivity index (χ0) is 22.4. The van der Waals surface area contributed by atoms with Crippen LogP contribution in [0.5, 0.6) is 0 Å². The number of pyridine rings is 1. The first-order chi connectivity index (χ1) is 15.5. The van der Waals surface area contributed by atoms with Crippen LogP contribution in [0.15, 0.2) is 66.2 Å². The van der Waals surface area contributed by atoms with E-state index in [0.717, 1.165) is 18.0 Å². The predicted molar refractivity (Wildman–Crippen MR) is 126 cm³/mol. The van der Waals surface area contributed by atoms with Gasteiger partial charge in [-0.25, -0.2) is 18.4 Å². The Kier molecular flexibility index (Phi) is 7.22. The van der Waals surface area contributed by atoms with Crippen molar-refractivity contribution in [3.8, 4) is 5.82 Å². The summed E-state index contributed by atoms with van der Waals surface area (Å²) in [5.41, 5.74) is 1.51. The molecule has 1 aliphatic carbocycles. The molecule has 32 heavy (non-hydrogen) atoms. The third kappa shape index (κ3) is 5.55. The van der Waals surface area contributed by atoms with Crippen molar-refractivity contribution in [1.29, 1.82) is 0 Å². The molecule has 0 radical (unpaired) electrons. The Labute approximate surface area is 190 Å². The third-order valence-corrected chi connectivity index (χ3v) is 7.65. The highest BCUT2D eigenvalue weighted by molar-refractivity contribution is 7.92. The molecule has 1 fully saturated rings. The monoisotopic (exact) mass is 453 g/mol. The summed E-state index contributed by atoms with van der Waals surface area (Å²) in [5.74, 6) is 2.03. The van der Waals surface area contributed by atoms with Gasteiger partial charge in [0.1, 0.15) is 17.0 Å². The van der Waals surface area contributed by atoms with Crippen molar-refractivity contribution in [1.82, 2.24) is 19.9 Å². The molecule has 4 rings (SSSR count). The summed E-state index contributed by atoms with van der Waals surface area (Å²) >= 11 is 0. The fourth-order valence-electron chi connectivity index (χ4n) is 4.36. The second kappa shape index (κ2) is 10.3. The smallest absolute Gasteiger partial charge is 0.263 e. The molecule has 0 saturated heterocycles. The van der Waals surface area contributed by atoms with Crippen LogP contribution >= 0.6 is 0 Å². The number of imidazole rings is 1. The summed E-state index contributed by atoms with van der Waals surface area (Å²) in [4.78, 5) is 8.36. The molecular weight excluding hydrogens is 422 g/mol. The predicted octanol–water partition coefficient (Wildman–Crippen LogP) is 4.37. The van der Waals surface area contributed by atoms with Crippen LogP contribution in [0.3, 0.4) is 0 Å². The number of rotatable bonds is 9. The Morgan fingerprint density at radius 2 is 1.94 bits per heavy atom. The Morgan fingerprint density at radius 1 is 1.12 bits per heavy atom. The molecule has 1 aliphatic rings. The molecule has 1 saturated carbocycles. The number of aromatic nitrogens is 3. The molecule has 8 heteroatoms. The number of hydrogen-bond donors (Lipinski definition) is 2. The summed E-state index contributed by atoms with van der Waals surface area (Å²) in [6, 6.07) is 10.7. The van der Waals surface area contributed by atoms with E-state index in [2.05, 4.69) is 26.9 Å². The van der Waals surface area contributed by atoms with Gasteiger partial charge in [0.2, 0.25) is 0 Å². The van der Waals surface area contributed by atoms with Crippen molar-refractivity contribution in [2.45, 2.75) is 50.5 Å². The zero-order valence-electron chi connectivity index (χ0n) is 18.4. The lowest BCUT2D eigenvalue weighted by Crippen LogP contribution is -2.27. The lowest BCUT2D eigenvalue weighted by atomic mass is 9.81. The number of anilines is 1. The van der Waals surface area contributed by atoms with E-state index in [4.69, 9.17) is 0 Å². The first-order valence-corrected chi connectivity index (χ1v) is 12.8. The van der Waals surface area contributed by atoms with Crippen molar-refractivity contribution >= 4 is 15.7 Å². The van der Waals surface area contributed by atoms with Gasteiger partial charge in [-0.1, -0.05) is 57.2 Å². The molecule has 2 aromatic heterocycles. The molecule has 7 nitrogen and oxygen atoms in total. The molecule has 1 aromatic carbocycles. The number of sulfonamides is 1. The molecule has 0 aliphatic heterocycles. The van der Waals surface area contributed by atoms with E-state index in [1.165, 1.54) is 38.3 Å². The number of nitrogens with one attached hydrogen (secondary N) is 2. The fourth-order valence-corrected chi connectivity index (χ4v) is 5.41. The Bertz CT molecular complexity index is 1090. The number of benzene rings is 1. The molecule has 0 spiro atoms. The Balaban J connectivity index is 1.39. The van der Waals surface area contributed by atoms with Crippen LogP contribution in [0.4, 0.5) is 5.69 Å². The van der Waals surface area contributed by atoms with Crippen molar-refractivity contribution in [2.24, 2.45) is 11.8 Å². The molecule has 0 amide bonds. The first kappa shape index (κ1) is 22.5. The van der Waals surface area contributed by atoms with Gasteiger partial charge in [0, 0.05) is 25.1 Å². The molecule has 3 aromatic rings. The van der Waals surface area contributed by atoms with Gasteiger partial charge < -0.3 is 5.32 Å². The van der Waals surface area contributed by atoms with Gasteiger partial charge in [-0.2, -0.15) is 0 Å². The average Bonchev–Trinajstić information content (AvgIpc) is 3.36. The Hall–Kier alpha value is -2.71. The SMILES string of the molecule is CC(CNCc1ccccc1NS(=O)(=O)c1ccc(-n2ccnc2)nc1)C1CCCCC1. The van der Waals surface area contributed by atoms with Crippen molar-refractivity contribution in [2.75, 3.05) is 11.3 Å². The molecule has 0 bridgehead atoms. The van der Waals surface area contributed by atoms with Crippen LogP contribution in [0.2, 0.25) is 0 Å². The molecule has 1 atom stereocenters. The molecule has 2 heterocycles. The van der Waals surface area contributed by atoms with Crippen molar-refractivity contribution in [3.05, 3.63) is 66.9 Å². The van der Waals surface area contributed by atoms with E-state index >= 15 is 0 Å². The van der Waals surface area contributed by atoms with E-state index in [-0.39, 0.29) is 4.90 Å². The maximum absolute atomic E-state index is 12.9. The lowest BCUT2D eigenvalue weighted by molar-refractivity contribution is 0.256. The largest absolute Gasteiger partial charge is 0.312 e. The Morgan fingerprint density at radius 3 is 2.66 bits per heavy atom. The van der Waals surface area contributed by atoms with Crippen LogP contribution in [0.25, 0.3) is 5.82 Å². The summed E-state index contributed by atoms with van der Waals surface area (Å²) in [6.07, 6.45) is 13.1. The van der Waals surface area contributed by atoms with Crippen LogP contribution in [-0.2, 0) is 16.6 Å². The van der Waals surface area contributed by atoms with E-state index in [1.807, 2.05) is 18.2 Å². The summed E-state index contributed by atoms with van der Waals surface area (Å²) in [6.45, 7) is 3.87.